The van der Waals surface area contributed by atoms with Crippen LogP contribution in [-0.4, -0.2) is 47.1 Å². The summed E-state index contributed by atoms with van der Waals surface area (Å²) < 4.78 is 5.76. The number of carbonyl (C=O) groups is 1. The first kappa shape index (κ1) is 23.6. The zero-order valence-electron chi connectivity index (χ0n) is 15.3. The average Bonchev–Trinajstić information content (AvgIpc) is 3.08. The molecule has 0 aromatic carbocycles. The van der Waals surface area contributed by atoms with Crippen LogP contribution in [-0.2, 0) is 16.1 Å². The molecular weight excluding hydrogens is 395 g/mol. The summed E-state index contributed by atoms with van der Waals surface area (Å²) in [6, 6.07) is 0.174. The minimum atomic E-state index is 0. The number of aromatic nitrogens is 1. The molecule has 2 heterocycles. The Balaban J connectivity index is 0.00000169. The van der Waals surface area contributed by atoms with Crippen LogP contribution in [0, 0.1) is 5.92 Å². The zero-order valence-corrected chi connectivity index (χ0v) is 17.8. The fourth-order valence-electron chi connectivity index (χ4n) is 3.81. The Morgan fingerprint density at radius 3 is 2.65 bits per heavy atom. The van der Waals surface area contributed by atoms with Crippen LogP contribution in [0.15, 0.2) is 5.38 Å². The van der Waals surface area contributed by atoms with Crippen LogP contribution in [0.4, 0.5) is 5.13 Å². The Bertz CT molecular complexity index is 565. The monoisotopic (exact) mass is 424 g/mol. The average molecular weight is 425 g/mol. The number of nitrogens with two attached hydrogens (primary N) is 1. The van der Waals surface area contributed by atoms with Crippen LogP contribution in [0.5, 0.6) is 0 Å². The summed E-state index contributed by atoms with van der Waals surface area (Å²) in [6.07, 6.45) is 4.25. The highest BCUT2D eigenvalue weighted by Crippen LogP contribution is 2.27. The van der Waals surface area contributed by atoms with Crippen LogP contribution in [0.2, 0.25) is 0 Å². The topological polar surface area (TPSA) is 80.5 Å². The quantitative estimate of drug-likeness (QED) is 0.758. The summed E-state index contributed by atoms with van der Waals surface area (Å²) in [4.78, 5) is 19.1. The van der Waals surface area contributed by atoms with Crippen molar-refractivity contribution in [1.82, 2.24) is 9.88 Å². The number of anilines is 1. The molecule has 9 heteroatoms. The minimum Gasteiger partial charge on any atom is -0.373 e. The number of hydrogen-bond donors (Lipinski definition) is 2. The lowest BCUT2D eigenvalue weighted by molar-refractivity contribution is -0.117. The molecule has 2 unspecified atom stereocenters. The van der Waals surface area contributed by atoms with Gasteiger partial charge >= 0.3 is 0 Å². The van der Waals surface area contributed by atoms with Crippen LogP contribution in [0.3, 0.4) is 0 Å². The highest BCUT2D eigenvalue weighted by atomic mass is 35.5. The maximum absolute atomic E-state index is 12.2. The number of nitrogens with one attached hydrogen (secondary N) is 1. The molecule has 2 fully saturated rings. The van der Waals surface area contributed by atoms with Crippen molar-refractivity contribution in [3.8, 4) is 0 Å². The number of carbonyl (C=O) groups excluding carboxylic acids is 1. The van der Waals surface area contributed by atoms with E-state index < -0.39 is 0 Å². The van der Waals surface area contributed by atoms with Gasteiger partial charge in [0.15, 0.2) is 5.13 Å². The Kier molecular flexibility index (Phi) is 9.79. The number of halogens is 2. The fraction of sp³-hybridized carbons (Fsp3) is 0.765. The predicted octanol–water partition coefficient (Wildman–Crippen LogP) is 3.05. The van der Waals surface area contributed by atoms with E-state index in [1.54, 1.807) is 0 Å². The lowest BCUT2D eigenvalue weighted by Gasteiger charge is -2.34. The van der Waals surface area contributed by atoms with Crippen LogP contribution in [0.25, 0.3) is 0 Å². The summed E-state index contributed by atoms with van der Waals surface area (Å²) in [5.74, 6) is 0.354. The molecule has 1 amide bonds. The van der Waals surface area contributed by atoms with E-state index in [1.165, 1.54) is 11.3 Å². The van der Waals surface area contributed by atoms with Crippen molar-refractivity contribution in [2.45, 2.75) is 64.3 Å². The number of amides is 1. The molecule has 1 aliphatic carbocycles. The van der Waals surface area contributed by atoms with Gasteiger partial charge in [0, 0.05) is 37.5 Å². The Labute approximate surface area is 172 Å². The van der Waals surface area contributed by atoms with Crippen LogP contribution >= 0.6 is 36.2 Å². The second-order valence-corrected chi connectivity index (χ2v) is 8.06. The summed E-state index contributed by atoms with van der Waals surface area (Å²) in [6.45, 7) is 6.84. The zero-order chi connectivity index (χ0) is 17.1. The third-order valence-corrected chi connectivity index (χ3v) is 5.65. The largest absolute Gasteiger partial charge is 0.373 e. The Morgan fingerprint density at radius 2 is 2.04 bits per heavy atom. The van der Waals surface area contributed by atoms with E-state index in [4.69, 9.17) is 10.5 Å². The molecule has 0 bridgehead atoms. The SMILES string of the molecule is CC1CN(Cc2csc(NC(=O)C[C@@H]3CCC[C@H]3N)n2)CC(C)O1.Cl.Cl. The van der Waals surface area contributed by atoms with Crippen molar-refractivity contribution in [3.63, 3.8) is 0 Å². The van der Waals surface area contributed by atoms with Crippen molar-refractivity contribution >= 4 is 47.2 Å². The third-order valence-electron chi connectivity index (χ3n) is 4.84. The molecule has 0 spiro atoms. The maximum Gasteiger partial charge on any atom is 0.226 e. The minimum absolute atomic E-state index is 0. The van der Waals surface area contributed by atoms with Crippen molar-refractivity contribution in [2.75, 3.05) is 18.4 Å². The molecule has 0 radical (unpaired) electrons. The highest BCUT2D eigenvalue weighted by molar-refractivity contribution is 7.13. The van der Waals surface area contributed by atoms with Gasteiger partial charge in [-0.15, -0.1) is 36.2 Å². The molecule has 1 saturated heterocycles. The molecule has 26 heavy (non-hydrogen) atoms. The molecule has 3 N–H and O–H groups in total. The van der Waals surface area contributed by atoms with Gasteiger partial charge in [0.1, 0.15) is 0 Å². The summed E-state index contributed by atoms with van der Waals surface area (Å²) in [7, 11) is 0. The smallest absolute Gasteiger partial charge is 0.226 e. The van der Waals surface area contributed by atoms with Crippen molar-refractivity contribution in [1.29, 1.82) is 0 Å². The third kappa shape index (κ3) is 6.62. The molecule has 4 atom stereocenters. The number of hydrogen-bond acceptors (Lipinski definition) is 6. The van der Waals surface area contributed by atoms with E-state index in [9.17, 15) is 4.79 Å². The van der Waals surface area contributed by atoms with Crippen LogP contribution < -0.4 is 11.1 Å². The van der Waals surface area contributed by atoms with E-state index in [0.717, 1.165) is 44.6 Å². The molecule has 3 rings (SSSR count). The summed E-state index contributed by atoms with van der Waals surface area (Å²) in [5, 5.41) is 5.65. The molecule has 150 valence electrons. The second kappa shape index (κ2) is 10.8. The lowest BCUT2D eigenvalue weighted by atomic mass is 10.00. The van der Waals surface area contributed by atoms with E-state index in [1.807, 2.05) is 5.38 Å². The number of thiazole rings is 1. The lowest BCUT2D eigenvalue weighted by Crippen LogP contribution is -2.44. The molecule has 1 aromatic heterocycles. The summed E-state index contributed by atoms with van der Waals surface area (Å²) in [5.41, 5.74) is 7.05. The van der Waals surface area contributed by atoms with E-state index >= 15 is 0 Å². The fourth-order valence-corrected chi connectivity index (χ4v) is 4.52. The van der Waals surface area contributed by atoms with Gasteiger partial charge in [0.05, 0.1) is 17.9 Å². The van der Waals surface area contributed by atoms with Crippen molar-refractivity contribution in [3.05, 3.63) is 11.1 Å². The van der Waals surface area contributed by atoms with Crippen LogP contribution in [0.1, 0.15) is 45.2 Å². The van der Waals surface area contributed by atoms with Gasteiger partial charge in [-0.05, 0) is 32.6 Å². The first-order valence-electron chi connectivity index (χ1n) is 8.87. The predicted molar refractivity (Wildman–Crippen MR) is 110 cm³/mol. The van der Waals surface area contributed by atoms with Gasteiger partial charge in [-0.1, -0.05) is 6.42 Å². The van der Waals surface area contributed by atoms with Gasteiger partial charge in [0.25, 0.3) is 0 Å². The first-order valence-corrected chi connectivity index (χ1v) is 9.75. The van der Waals surface area contributed by atoms with Gasteiger partial charge < -0.3 is 15.8 Å². The maximum atomic E-state index is 12.2. The normalized spacial score (nSPS) is 28.9. The Hall–Kier alpha value is -0.440. The molecular formula is C17H30Cl2N4O2S. The van der Waals surface area contributed by atoms with Crippen molar-refractivity contribution in [2.24, 2.45) is 11.7 Å². The Morgan fingerprint density at radius 1 is 1.35 bits per heavy atom. The number of ether oxygens (including phenoxy) is 1. The molecule has 2 aliphatic rings. The van der Waals surface area contributed by atoms with Gasteiger partial charge in [-0.2, -0.15) is 0 Å². The van der Waals surface area contributed by atoms with Gasteiger partial charge in [-0.25, -0.2) is 4.98 Å². The van der Waals surface area contributed by atoms with E-state index in [-0.39, 0.29) is 49.0 Å². The second-order valence-electron chi connectivity index (χ2n) is 7.20. The summed E-state index contributed by atoms with van der Waals surface area (Å²) >= 11 is 1.49. The van der Waals surface area contributed by atoms with Gasteiger partial charge in [0.2, 0.25) is 5.91 Å². The standard InChI is InChI=1S/C17H28N4O2S.2ClH/c1-11-7-21(8-12(2)23-11)9-14-10-24-17(19-14)20-16(22)6-13-4-3-5-15(13)18;;/h10-13,15H,3-9,18H2,1-2H3,(H,19,20,22);2*1H/t11?,12?,13-,15+;;/m0../s1. The van der Waals surface area contributed by atoms with E-state index in [2.05, 4.69) is 29.0 Å². The molecule has 1 aliphatic heterocycles. The highest BCUT2D eigenvalue weighted by Gasteiger charge is 2.26. The molecule has 1 saturated carbocycles. The first-order chi connectivity index (χ1) is 11.5. The van der Waals surface area contributed by atoms with Gasteiger partial charge in [-0.3, -0.25) is 9.69 Å². The molecule has 1 aromatic rings. The van der Waals surface area contributed by atoms with Crippen molar-refractivity contribution < 1.29 is 9.53 Å². The number of morpholine rings is 1. The number of rotatable bonds is 5. The number of nitrogens with zero attached hydrogens (tertiary/aromatic N) is 2. The van der Waals surface area contributed by atoms with E-state index in [0.29, 0.717) is 17.5 Å². The molecule has 6 nitrogen and oxygen atoms in total.